The number of aryl methyl sites for hydroxylation is 1. The average molecular weight is 394 g/mol. The number of carbonyl (C=O) groups excluding carboxylic acids is 1. The fraction of sp³-hybridized carbons (Fsp3) is 0.238. The molecule has 2 aromatic heterocycles. The van der Waals surface area contributed by atoms with Crippen LogP contribution in [0.1, 0.15) is 38.9 Å². The van der Waals surface area contributed by atoms with Gasteiger partial charge in [-0.25, -0.2) is 0 Å². The Bertz CT molecular complexity index is 971. The number of nitriles is 1. The summed E-state index contributed by atoms with van der Waals surface area (Å²) in [6.07, 6.45) is 3.06. The van der Waals surface area contributed by atoms with E-state index in [0.29, 0.717) is 10.6 Å². The van der Waals surface area contributed by atoms with Crippen molar-refractivity contribution < 1.29 is 4.79 Å². The molecule has 27 heavy (non-hydrogen) atoms. The monoisotopic (exact) mass is 393 g/mol. The number of nitrogens with zero attached hydrogens (tertiary/aromatic N) is 1. The van der Waals surface area contributed by atoms with Gasteiger partial charge in [0.2, 0.25) is 5.91 Å². The first-order valence-corrected chi connectivity index (χ1v) is 10.6. The van der Waals surface area contributed by atoms with Crippen LogP contribution in [-0.2, 0) is 17.6 Å². The Morgan fingerprint density at radius 1 is 1.19 bits per heavy atom. The molecule has 1 aromatic carbocycles. The summed E-state index contributed by atoms with van der Waals surface area (Å²) in [6, 6.07) is 16.5. The summed E-state index contributed by atoms with van der Waals surface area (Å²) in [5.74, 6) is -0.121. The van der Waals surface area contributed by atoms with Gasteiger partial charge in [0.1, 0.15) is 11.1 Å². The van der Waals surface area contributed by atoms with E-state index in [4.69, 9.17) is 0 Å². The van der Waals surface area contributed by atoms with Crippen LogP contribution in [0.15, 0.2) is 47.8 Å². The lowest BCUT2D eigenvalue weighted by Gasteiger charge is -2.17. The predicted molar refractivity (Wildman–Crippen MR) is 110 cm³/mol. The molecule has 3 aromatic rings. The van der Waals surface area contributed by atoms with Crippen molar-refractivity contribution in [3.8, 4) is 6.07 Å². The van der Waals surface area contributed by atoms with Crippen molar-refractivity contribution >= 4 is 33.6 Å². The first-order chi connectivity index (χ1) is 13.3. The second-order valence-corrected chi connectivity index (χ2v) is 8.55. The zero-order chi connectivity index (χ0) is 18.6. The Labute approximate surface area is 166 Å². The molecule has 2 heterocycles. The Morgan fingerprint density at radius 3 is 2.78 bits per heavy atom. The minimum Gasteiger partial charge on any atom is -0.315 e. The second-order valence-electron chi connectivity index (χ2n) is 6.46. The van der Waals surface area contributed by atoms with Crippen LogP contribution in [0.2, 0.25) is 0 Å². The third kappa shape index (κ3) is 3.81. The normalized spacial score (nSPS) is 13.7. The molecule has 0 spiro atoms. The lowest BCUT2D eigenvalue weighted by Crippen LogP contribution is -2.31. The largest absolute Gasteiger partial charge is 0.315 e. The van der Waals surface area contributed by atoms with Gasteiger partial charge in [-0.2, -0.15) is 5.26 Å². The molecule has 136 valence electrons. The molecule has 6 heteroatoms. The maximum absolute atomic E-state index is 12.5. The van der Waals surface area contributed by atoms with Crippen LogP contribution in [0.3, 0.4) is 0 Å². The molecular formula is C21H19N3OS2. The van der Waals surface area contributed by atoms with Crippen molar-refractivity contribution in [2.45, 2.75) is 25.3 Å². The van der Waals surface area contributed by atoms with E-state index in [2.05, 4.69) is 34.9 Å². The summed E-state index contributed by atoms with van der Waals surface area (Å²) < 4.78 is 0. The molecule has 4 nitrogen and oxygen atoms in total. The molecule has 1 atom stereocenters. The number of thiophene rings is 2. The highest BCUT2D eigenvalue weighted by Gasteiger charge is 2.23. The minimum atomic E-state index is -0.121. The highest BCUT2D eigenvalue weighted by molar-refractivity contribution is 7.16. The van der Waals surface area contributed by atoms with Gasteiger partial charge >= 0.3 is 0 Å². The van der Waals surface area contributed by atoms with Gasteiger partial charge in [0, 0.05) is 9.75 Å². The maximum Gasteiger partial charge on any atom is 0.238 e. The van der Waals surface area contributed by atoms with Crippen molar-refractivity contribution in [2.75, 3.05) is 11.9 Å². The number of hydrogen-bond acceptors (Lipinski definition) is 5. The number of benzene rings is 1. The molecule has 1 aliphatic rings. The third-order valence-corrected chi connectivity index (χ3v) is 6.86. The Morgan fingerprint density at radius 2 is 2.04 bits per heavy atom. The van der Waals surface area contributed by atoms with E-state index in [-0.39, 0.29) is 18.5 Å². The Balaban J connectivity index is 1.46. The van der Waals surface area contributed by atoms with Gasteiger partial charge in [-0.3, -0.25) is 10.1 Å². The van der Waals surface area contributed by atoms with Crippen molar-refractivity contribution in [3.05, 3.63) is 74.3 Å². The summed E-state index contributed by atoms with van der Waals surface area (Å²) in [5.41, 5.74) is 2.91. The number of fused-ring (bicyclic) bond motifs is 1. The molecular weight excluding hydrogens is 374 g/mol. The number of carbonyl (C=O) groups is 1. The molecule has 0 radical (unpaired) electrons. The third-order valence-electron chi connectivity index (χ3n) is 4.71. The first-order valence-electron chi connectivity index (χ1n) is 8.92. The lowest BCUT2D eigenvalue weighted by atomic mass is 10.1. The summed E-state index contributed by atoms with van der Waals surface area (Å²) in [6.45, 7) is 0.185. The van der Waals surface area contributed by atoms with E-state index in [0.717, 1.165) is 30.4 Å². The van der Waals surface area contributed by atoms with Crippen LogP contribution in [0.5, 0.6) is 0 Å². The van der Waals surface area contributed by atoms with Crippen molar-refractivity contribution in [1.82, 2.24) is 5.32 Å². The summed E-state index contributed by atoms with van der Waals surface area (Å²) in [5, 5.41) is 18.5. The van der Waals surface area contributed by atoms with Gasteiger partial charge in [-0.05, 0) is 41.8 Å². The molecule has 1 aliphatic carbocycles. The van der Waals surface area contributed by atoms with E-state index >= 15 is 0 Å². The summed E-state index contributed by atoms with van der Waals surface area (Å²) in [7, 11) is 0. The van der Waals surface area contributed by atoms with Crippen LogP contribution in [0, 0.1) is 11.3 Å². The molecule has 2 N–H and O–H groups in total. The molecule has 0 aliphatic heterocycles. The lowest BCUT2D eigenvalue weighted by molar-refractivity contribution is -0.115. The topological polar surface area (TPSA) is 64.9 Å². The molecule has 0 fully saturated rings. The second kappa shape index (κ2) is 8.05. The van der Waals surface area contributed by atoms with E-state index in [1.165, 1.54) is 9.75 Å². The number of nitrogens with one attached hydrogen (secondary N) is 2. The molecule has 4 rings (SSSR count). The molecule has 0 saturated heterocycles. The minimum absolute atomic E-state index is 0.0271. The Kier molecular flexibility index (Phi) is 5.35. The van der Waals surface area contributed by atoms with Gasteiger partial charge in [-0.1, -0.05) is 36.4 Å². The van der Waals surface area contributed by atoms with Crippen molar-refractivity contribution in [2.24, 2.45) is 0 Å². The average Bonchev–Trinajstić information content (AvgIpc) is 3.40. The SMILES string of the molecule is N#Cc1c(NC(=O)CN[C@H](c2ccccc2)c2cccs2)sc2c1CCC2. The van der Waals surface area contributed by atoms with Crippen LogP contribution in [0.4, 0.5) is 5.00 Å². The number of rotatable bonds is 6. The quantitative estimate of drug-likeness (QED) is 0.649. The zero-order valence-electron chi connectivity index (χ0n) is 14.7. The van der Waals surface area contributed by atoms with Crippen molar-refractivity contribution in [1.29, 1.82) is 5.26 Å². The van der Waals surface area contributed by atoms with E-state index in [9.17, 15) is 10.1 Å². The zero-order valence-corrected chi connectivity index (χ0v) is 16.3. The number of amides is 1. The fourth-order valence-corrected chi connectivity index (χ4v) is 5.54. The number of hydrogen-bond donors (Lipinski definition) is 2. The molecule has 0 unspecified atom stereocenters. The maximum atomic E-state index is 12.5. The van der Waals surface area contributed by atoms with E-state index in [1.54, 1.807) is 22.7 Å². The van der Waals surface area contributed by atoms with Gasteiger partial charge in [0.15, 0.2) is 0 Å². The van der Waals surface area contributed by atoms with Crippen LogP contribution < -0.4 is 10.6 Å². The van der Waals surface area contributed by atoms with Crippen LogP contribution in [-0.4, -0.2) is 12.5 Å². The van der Waals surface area contributed by atoms with Gasteiger partial charge in [-0.15, -0.1) is 22.7 Å². The molecule has 0 bridgehead atoms. The summed E-state index contributed by atoms with van der Waals surface area (Å²) in [4.78, 5) is 15.0. The highest BCUT2D eigenvalue weighted by atomic mass is 32.1. The standard InChI is InChI=1S/C21H19N3OS2/c22-12-16-15-8-4-9-17(15)27-21(16)24-19(25)13-23-20(18-10-5-11-26-18)14-6-2-1-3-7-14/h1-3,5-7,10-11,20,23H,4,8-9,13H2,(H,24,25)/t20-/m1/s1. The predicted octanol–water partition coefficient (Wildman–Crippen LogP) is 4.49. The summed E-state index contributed by atoms with van der Waals surface area (Å²) >= 11 is 3.22. The fourth-order valence-electron chi connectivity index (χ4n) is 3.46. The van der Waals surface area contributed by atoms with Crippen LogP contribution in [0.25, 0.3) is 0 Å². The highest BCUT2D eigenvalue weighted by Crippen LogP contribution is 2.38. The van der Waals surface area contributed by atoms with Gasteiger partial charge in [0.05, 0.1) is 18.2 Å². The molecule has 0 saturated carbocycles. The van der Waals surface area contributed by atoms with Gasteiger partial charge < -0.3 is 5.32 Å². The Hall–Kier alpha value is -2.46. The number of anilines is 1. The van der Waals surface area contributed by atoms with E-state index in [1.807, 2.05) is 29.6 Å². The van der Waals surface area contributed by atoms with Crippen LogP contribution >= 0.6 is 22.7 Å². The van der Waals surface area contributed by atoms with E-state index < -0.39 is 0 Å². The first kappa shape index (κ1) is 17.9. The van der Waals surface area contributed by atoms with Crippen molar-refractivity contribution in [3.63, 3.8) is 0 Å². The molecule has 1 amide bonds. The van der Waals surface area contributed by atoms with Gasteiger partial charge in [0.25, 0.3) is 0 Å². The smallest absolute Gasteiger partial charge is 0.238 e.